The first-order chi connectivity index (χ1) is 24.4. The molecule has 3 aromatic rings. The van der Waals surface area contributed by atoms with E-state index >= 15 is 0 Å². The maximum absolute atomic E-state index is 13.4. The average molecular weight is 701 g/mol. The number of H-pyrrole nitrogens is 2. The van der Waals surface area contributed by atoms with Gasteiger partial charge in [0.05, 0.1) is 30.6 Å². The van der Waals surface area contributed by atoms with Gasteiger partial charge < -0.3 is 40.2 Å². The second-order valence-corrected chi connectivity index (χ2v) is 13.7. The highest BCUT2D eigenvalue weighted by Crippen LogP contribution is 2.33. The van der Waals surface area contributed by atoms with Crippen LogP contribution in [0.25, 0.3) is 24.3 Å². The van der Waals surface area contributed by atoms with Crippen molar-refractivity contribution < 1.29 is 29.0 Å². The fourth-order valence-corrected chi connectivity index (χ4v) is 6.63. The second-order valence-electron chi connectivity index (χ2n) is 13.7. The summed E-state index contributed by atoms with van der Waals surface area (Å²) in [5, 5.41) is 14.3. The molecule has 0 radical (unpaired) electrons. The van der Waals surface area contributed by atoms with E-state index in [2.05, 4.69) is 20.6 Å². The van der Waals surface area contributed by atoms with Gasteiger partial charge in [0.2, 0.25) is 11.8 Å². The molecule has 5 N–H and O–H groups in total. The fraction of sp³-hybridized carbons (Fsp3) is 0.459. The molecule has 0 spiro atoms. The van der Waals surface area contributed by atoms with Gasteiger partial charge in [0.25, 0.3) is 0 Å². The highest BCUT2D eigenvalue weighted by Gasteiger charge is 2.38. The lowest BCUT2D eigenvalue weighted by atomic mass is 10.0. The van der Waals surface area contributed by atoms with Crippen molar-refractivity contribution in [2.75, 3.05) is 20.2 Å². The van der Waals surface area contributed by atoms with Crippen LogP contribution in [0.1, 0.15) is 99.6 Å². The summed E-state index contributed by atoms with van der Waals surface area (Å²) in [5.41, 5.74) is 3.46. The number of imidazole rings is 2. The van der Waals surface area contributed by atoms with Gasteiger partial charge >= 0.3 is 12.2 Å². The van der Waals surface area contributed by atoms with E-state index in [1.807, 2.05) is 82.5 Å². The van der Waals surface area contributed by atoms with Crippen molar-refractivity contribution in [2.24, 2.45) is 11.8 Å². The number of rotatable bonds is 12. The van der Waals surface area contributed by atoms with Crippen LogP contribution in [0.15, 0.2) is 36.7 Å². The first-order valence-electron chi connectivity index (χ1n) is 17.5. The summed E-state index contributed by atoms with van der Waals surface area (Å²) in [7, 11) is 1.28. The van der Waals surface area contributed by atoms with Gasteiger partial charge in [-0.25, -0.2) is 19.6 Å². The third-order valence-corrected chi connectivity index (χ3v) is 9.37. The Labute approximate surface area is 297 Å². The SMILES string of the molecule is COC(=O)N[C@H](C(=O)N1CCC[C@H]1c1nc(/C=C/c2ccc(/C=C/c3c[nH]c([C@@H]4CCCN4C(=O)[C@@H](NC(=O)O)C(C)C)n3)cc2)c[nH]1)C(C)C. The molecule has 51 heavy (non-hydrogen) atoms. The van der Waals surface area contributed by atoms with Crippen molar-refractivity contribution in [3.8, 4) is 0 Å². The van der Waals surface area contributed by atoms with Crippen LogP contribution < -0.4 is 10.6 Å². The van der Waals surface area contributed by atoms with E-state index in [1.54, 1.807) is 16.0 Å². The molecule has 0 aliphatic carbocycles. The Hall–Kier alpha value is -5.40. The Balaban J connectivity index is 1.18. The van der Waals surface area contributed by atoms with E-state index in [-0.39, 0.29) is 35.7 Å². The summed E-state index contributed by atoms with van der Waals surface area (Å²) < 4.78 is 4.73. The van der Waals surface area contributed by atoms with Crippen molar-refractivity contribution in [3.63, 3.8) is 0 Å². The van der Waals surface area contributed by atoms with Crippen LogP contribution in [-0.4, -0.2) is 91.1 Å². The molecule has 0 unspecified atom stereocenters. The van der Waals surface area contributed by atoms with Crippen molar-refractivity contribution >= 4 is 48.3 Å². The molecule has 4 atom stereocenters. The van der Waals surface area contributed by atoms with Crippen LogP contribution >= 0.6 is 0 Å². The summed E-state index contributed by atoms with van der Waals surface area (Å²) in [6.07, 6.45) is 12.8. The number of aromatic amines is 2. The number of carboxylic acid groups (broad SMARTS) is 1. The topological polar surface area (TPSA) is 186 Å². The standard InChI is InChI=1S/C37H48N8O6/c1-22(2)30(42-36(48)49)34(46)44-18-6-8-28(44)32-38-20-26(40-32)16-14-24-10-12-25(13-11-24)15-17-27-21-39-33(41-27)29-9-7-19-45(29)35(47)31(23(3)4)43-37(50)51-5/h10-17,20-23,28-31,42H,6-9,18-19H2,1-5H3,(H,38,40)(H,39,41)(H,43,50)(H,48,49)/b16-14+,17-15+/t28-,29-,30-,31-/m0/s1. The lowest BCUT2D eigenvalue weighted by Crippen LogP contribution is -2.51. The Bertz CT molecular complexity index is 1740. The largest absolute Gasteiger partial charge is 0.465 e. The summed E-state index contributed by atoms with van der Waals surface area (Å²) in [4.78, 5) is 69.3. The Morgan fingerprint density at radius 2 is 1.20 bits per heavy atom. The number of ether oxygens (including phenoxy) is 1. The van der Waals surface area contributed by atoms with Crippen molar-refractivity contribution in [2.45, 2.75) is 77.5 Å². The molecule has 5 rings (SSSR count). The Morgan fingerprint density at radius 3 is 1.59 bits per heavy atom. The molecule has 0 bridgehead atoms. The van der Waals surface area contributed by atoms with E-state index in [9.17, 15) is 24.3 Å². The zero-order valence-electron chi connectivity index (χ0n) is 29.8. The van der Waals surface area contributed by atoms with E-state index in [4.69, 9.17) is 14.7 Å². The summed E-state index contributed by atoms with van der Waals surface area (Å²) in [5.74, 6) is 0.735. The minimum atomic E-state index is -1.21. The predicted octanol–water partition coefficient (Wildman–Crippen LogP) is 5.47. The number of alkyl carbamates (subject to hydrolysis) is 1. The molecular weight excluding hydrogens is 652 g/mol. The number of benzene rings is 1. The number of nitrogens with zero attached hydrogens (tertiary/aromatic N) is 4. The third kappa shape index (κ3) is 9.04. The molecule has 4 amide bonds. The quantitative estimate of drug-likeness (QED) is 0.165. The summed E-state index contributed by atoms with van der Waals surface area (Å²) >= 11 is 0. The van der Waals surface area contributed by atoms with Crippen LogP contribution in [0, 0.1) is 11.8 Å². The average Bonchev–Trinajstić information content (AvgIpc) is 3.93. The number of amides is 4. The van der Waals surface area contributed by atoms with Gasteiger partial charge in [-0.05, 0) is 60.8 Å². The van der Waals surface area contributed by atoms with E-state index in [1.165, 1.54) is 7.11 Å². The molecule has 2 aliphatic heterocycles. The molecule has 1 aromatic carbocycles. The molecule has 0 saturated carbocycles. The number of hydrogen-bond donors (Lipinski definition) is 5. The maximum Gasteiger partial charge on any atom is 0.407 e. The third-order valence-electron chi connectivity index (χ3n) is 9.37. The van der Waals surface area contributed by atoms with Gasteiger partial charge in [-0.1, -0.05) is 64.1 Å². The van der Waals surface area contributed by atoms with Crippen LogP contribution in [0.4, 0.5) is 9.59 Å². The van der Waals surface area contributed by atoms with Gasteiger partial charge in [0.1, 0.15) is 23.7 Å². The number of carbonyl (C=O) groups is 4. The lowest BCUT2D eigenvalue weighted by Gasteiger charge is -2.29. The van der Waals surface area contributed by atoms with Crippen molar-refractivity contribution in [3.05, 3.63) is 70.8 Å². The summed E-state index contributed by atoms with van der Waals surface area (Å²) in [6.45, 7) is 8.58. The molecule has 2 aromatic heterocycles. The van der Waals surface area contributed by atoms with Crippen LogP contribution in [0.5, 0.6) is 0 Å². The number of aromatic nitrogens is 4. The zero-order valence-corrected chi connectivity index (χ0v) is 29.8. The first kappa shape index (κ1) is 36.9. The Kier molecular flexibility index (Phi) is 12.0. The minimum absolute atomic E-state index is 0.102. The monoisotopic (exact) mass is 700 g/mol. The maximum atomic E-state index is 13.4. The van der Waals surface area contributed by atoms with E-state index < -0.39 is 24.3 Å². The first-order valence-corrected chi connectivity index (χ1v) is 17.5. The molecule has 2 fully saturated rings. The van der Waals surface area contributed by atoms with Gasteiger partial charge in [-0.15, -0.1) is 0 Å². The number of methoxy groups -OCH3 is 1. The van der Waals surface area contributed by atoms with Gasteiger partial charge in [0.15, 0.2) is 0 Å². The van der Waals surface area contributed by atoms with Crippen molar-refractivity contribution in [1.82, 2.24) is 40.4 Å². The predicted molar refractivity (Wildman–Crippen MR) is 193 cm³/mol. The molecule has 272 valence electrons. The zero-order chi connectivity index (χ0) is 36.7. The Morgan fingerprint density at radius 1 is 0.765 bits per heavy atom. The van der Waals surface area contributed by atoms with Crippen molar-refractivity contribution in [1.29, 1.82) is 0 Å². The number of nitrogens with one attached hydrogen (secondary N) is 4. The molecule has 2 aliphatic rings. The summed E-state index contributed by atoms with van der Waals surface area (Å²) in [6, 6.07) is 6.10. The normalized spacial score (nSPS) is 19.0. The van der Waals surface area contributed by atoms with Crippen LogP contribution in [0.3, 0.4) is 0 Å². The number of carbonyl (C=O) groups excluding carboxylic acids is 3. The molecule has 2 saturated heterocycles. The molecule has 4 heterocycles. The highest BCUT2D eigenvalue weighted by molar-refractivity contribution is 5.87. The molecule has 14 heteroatoms. The molecule has 14 nitrogen and oxygen atoms in total. The van der Waals surface area contributed by atoms with Gasteiger partial charge in [-0.2, -0.15) is 0 Å². The fourth-order valence-electron chi connectivity index (χ4n) is 6.63. The second kappa shape index (κ2) is 16.5. The van der Waals surface area contributed by atoms with Gasteiger partial charge in [0, 0.05) is 25.5 Å². The van der Waals surface area contributed by atoms with Crippen LogP contribution in [-0.2, 0) is 14.3 Å². The smallest absolute Gasteiger partial charge is 0.407 e. The van der Waals surface area contributed by atoms with E-state index in [0.717, 1.165) is 48.2 Å². The van der Waals surface area contributed by atoms with E-state index in [0.29, 0.717) is 24.7 Å². The van der Waals surface area contributed by atoms with Gasteiger partial charge in [-0.3, -0.25) is 9.59 Å². The highest BCUT2D eigenvalue weighted by atomic mass is 16.5. The molecular formula is C37H48N8O6. The van der Waals surface area contributed by atoms with Crippen LogP contribution in [0.2, 0.25) is 0 Å². The lowest BCUT2D eigenvalue weighted by molar-refractivity contribution is -0.136. The number of likely N-dealkylation sites (tertiary alicyclic amines) is 2. The number of hydrogen-bond acceptors (Lipinski definition) is 7. The minimum Gasteiger partial charge on any atom is -0.465 e.